The van der Waals surface area contributed by atoms with Gasteiger partial charge in [-0.15, -0.1) is 0 Å². The Balaban J connectivity index is 1.99. The third-order valence-corrected chi connectivity index (χ3v) is 4.75. The van der Waals surface area contributed by atoms with Crippen molar-refractivity contribution in [2.75, 3.05) is 19.7 Å². The first-order valence-corrected chi connectivity index (χ1v) is 7.91. The van der Waals surface area contributed by atoms with E-state index in [0.29, 0.717) is 18.7 Å². The van der Waals surface area contributed by atoms with Crippen LogP contribution in [0.5, 0.6) is 0 Å². The van der Waals surface area contributed by atoms with Crippen molar-refractivity contribution in [2.24, 2.45) is 0 Å². The molecule has 0 amide bonds. The highest BCUT2D eigenvalue weighted by Gasteiger charge is 2.29. The normalized spacial score (nSPS) is 33.0. The van der Waals surface area contributed by atoms with E-state index in [9.17, 15) is 5.11 Å². The lowest BCUT2D eigenvalue weighted by Crippen LogP contribution is -2.46. The average Bonchev–Trinajstić information content (AvgIpc) is 2.72. The molecule has 1 saturated heterocycles. The van der Waals surface area contributed by atoms with Gasteiger partial charge >= 0.3 is 0 Å². The van der Waals surface area contributed by atoms with Gasteiger partial charge in [0.25, 0.3) is 0 Å². The number of nitrogens with one attached hydrogen (secondary N) is 1. The second-order valence-corrected chi connectivity index (χ2v) is 6.15. The van der Waals surface area contributed by atoms with Crippen LogP contribution < -0.4 is 5.32 Å². The zero-order valence-corrected chi connectivity index (χ0v) is 11.9. The topological polar surface area (TPSA) is 35.5 Å². The summed E-state index contributed by atoms with van der Waals surface area (Å²) in [4.78, 5) is 2.72. The Morgan fingerprint density at radius 3 is 2.50 bits per heavy atom. The minimum atomic E-state index is 0.323. The van der Waals surface area contributed by atoms with Gasteiger partial charge in [-0.3, -0.25) is 4.90 Å². The van der Waals surface area contributed by atoms with Crippen LogP contribution >= 0.6 is 0 Å². The number of hydrogen-bond acceptors (Lipinski definition) is 3. The first-order valence-electron chi connectivity index (χ1n) is 7.91. The van der Waals surface area contributed by atoms with Gasteiger partial charge in [0, 0.05) is 37.8 Å². The van der Waals surface area contributed by atoms with E-state index in [0.717, 1.165) is 19.0 Å². The lowest BCUT2D eigenvalue weighted by atomic mass is 10.0. The predicted molar refractivity (Wildman–Crippen MR) is 75.8 cm³/mol. The van der Waals surface area contributed by atoms with Gasteiger partial charge in [0.05, 0.1) is 0 Å². The van der Waals surface area contributed by atoms with Crippen LogP contribution in [0.1, 0.15) is 58.3 Å². The molecule has 2 fully saturated rings. The summed E-state index contributed by atoms with van der Waals surface area (Å²) in [5, 5.41) is 12.9. The predicted octanol–water partition coefficient (Wildman–Crippen LogP) is 2.14. The summed E-state index contributed by atoms with van der Waals surface area (Å²) in [6.07, 6.45) is 10.6. The molecule has 0 radical (unpaired) electrons. The van der Waals surface area contributed by atoms with Crippen molar-refractivity contribution in [2.45, 2.75) is 76.4 Å². The van der Waals surface area contributed by atoms with E-state index in [4.69, 9.17) is 0 Å². The maximum absolute atomic E-state index is 9.29. The SMILES string of the molecule is CC1CCN(C2CCCCCC2)C(CCO)CN1. The molecule has 0 aromatic rings. The van der Waals surface area contributed by atoms with E-state index in [1.165, 1.54) is 51.5 Å². The molecule has 18 heavy (non-hydrogen) atoms. The number of nitrogens with zero attached hydrogens (tertiary/aromatic N) is 1. The first kappa shape index (κ1) is 14.3. The molecular formula is C15H30N2O. The molecule has 2 rings (SSSR count). The number of aliphatic hydroxyl groups excluding tert-OH is 1. The fraction of sp³-hybridized carbons (Fsp3) is 1.00. The van der Waals surface area contributed by atoms with E-state index in [1.54, 1.807) is 0 Å². The molecule has 3 heteroatoms. The van der Waals surface area contributed by atoms with Gasteiger partial charge in [-0.25, -0.2) is 0 Å². The Kier molecular flexibility index (Phi) is 5.93. The van der Waals surface area contributed by atoms with Crippen molar-refractivity contribution in [3.8, 4) is 0 Å². The molecule has 3 nitrogen and oxygen atoms in total. The third-order valence-electron chi connectivity index (χ3n) is 4.75. The van der Waals surface area contributed by atoms with Crippen molar-refractivity contribution in [1.82, 2.24) is 10.2 Å². The molecule has 0 aromatic heterocycles. The average molecular weight is 254 g/mol. The van der Waals surface area contributed by atoms with Gasteiger partial charge in [-0.05, 0) is 32.6 Å². The van der Waals surface area contributed by atoms with Gasteiger partial charge in [0.1, 0.15) is 0 Å². The van der Waals surface area contributed by atoms with Crippen LogP contribution in [-0.4, -0.2) is 47.8 Å². The summed E-state index contributed by atoms with van der Waals surface area (Å²) in [6, 6.07) is 1.95. The van der Waals surface area contributed by atoms with E-state index in [1.807, 2.05) is 0 Å². The first-order chi connectivity index (χ1) is 8.81. The van der Waals surface area contributed by atoms with Crippen molar-refractivity contribution in [1.29, 1.82) is 0 Å². The van der Waals surface area contributed by atoms with Crippen LogP contribution in [0.25, 0.3) is 0 Å². The highest BCUT2D eigenvalue weighted by atomic mass is 16.3. The second kappa shape index (κ2) is 7.46. The van der Waals surface area contributed by atoms with E-state index >= 15 is 0 Å². The molecule has 2 unspecified atom stereocenters. The van der Waals surface area contributed by atoms with Gasteiger partial charge < -0.3 is 10.4 Å². The standard InChI is InChI=1S/C15H30N2O/c1-13-8-10-17(15(9-11-18)12-16-13)14-6-4-2-3-5-7-14/h13-16,18H,2-12H2,1H3. The van der Waals surface area contributed by atoms with Crippen molar-refractivity contribution in [3.63, 3.8) is 0 Å². The number of hydrogen-bond donors (Lipinski definition) is 2. The Morgan fingerprint density at radius 2 is 1.83 bits per heavy atom. The summed E-state index contributed by atoms with van der Waals surface area (Å²) < 4.78 is 0. The fourth-order valence-electron chi connectivity index (χ4n) is 3.57. The van der Waals surface area contributed by atoms with Crippen LogP contribution in [0.3, 0.4) is 0 Å². The summed E-state index contributed by atoms with van der Waals surface area (Å²) in [5.74, 6) is 0. The van der Waals surface area contributed by atoms with E-state index in [-0.39, 0.29) is 0 Å². The third kappa shape index (κ3) is 3.94. The quantitative estimate of drug-likeness (QED) is 0.758. The summed E-state index contributed by atoms with van der Waals surface area (Å²) in [6.45, 7) is 4.87. The molecule has 0 aromatic carbocycles. The molecule has 1 aliphatic carbocycles. The maximum atomic E-state index is 9.29. The monoisotopic (exact) mass is 254 g/mol. The van der Waals surface area contributed by atoms with Crippen molar-refractivity contribution < 1.29 is 5.11 Å². The van der Waals surface area contributed by atoms with Gasteiger partial charge in [0.2, 0.25) is 0 Å². The molecule has 2 atom stereocenters. The maximum Gasteiger partial charge on any atom is 0.0446 e. The highest BCUT2D eigenvalue weighted by molar-refractivity contribution is 4.86. The molecule has 2 N–H and O–H groups in total. The zero-order valence-electron chi connectivity index (χ0n) is 11.9. The Morgan fingerprint density at radius 1 is 1.11 bits per heavy atom. The fourth-order valence-corrected chi connectivity index (χ4v) is 3.57. The largest absolute Gasteiger partial charge is 0.396 e. The van der Waals surface area contributed by atoms with Gasteiger partial charge in [-0.2, -0.15) is 0 Å². The molecule has 1 aliphatic heterocycles. The lowest BCUT2D eigenvalue weighted by molar-refractivity contribution is 0.108. The van der Waals surface area contributed by atoms with Crippen molar-refractivity contribution in [3.05, 3.63) is 0 Å². The number of aliphatic hydroxyl groups is 1. The van der Waals surface area contributed by atoms with Crippen molar-refractivity contribution >= 4 is 0 Å². The van der Waals surface area contributed by atoms with Gasteiger partial charge in [-0.1, -0.05) is 25.7 Å². The van der Waals surface area contributed by atoms with Gasteiger partial charge in [0.15, 0.2) is 0 Å². The second-order valence-electron chi connectivity index (χ2n) is 6.15. The highest BCUT2D eigenvalue weighted by Crippen LogP contribution is 2.25. The summed E-state index contributed by atoms with van der Waals surface area (Å²) >= 11 is 0. The molecular weight excluding hydrogens is 224 g/mol. The van der Waals surface area contributed by atoms with Crippen LogP contribution in [0.2, 0.25) is 0 Å². The lowest BCUT2D eigenvalue weighted by Gasteiger charge is -2.36. The minimum Gasteiger partial charge on any atom is -0.396 e. The summed E-state index contributed by atoms with van der Waals surface area (Å²) in [5.41, 5.74) is 0. The van der Waals surface area contributed by atoms with Crippen LogP contribution in [0, 0.1) is 0 Å². The molecule has 2 aliphatic rings. The molecule has 1 saturated carbocycles. The van der Waals surface area contributed by atoms with E-state index in [2.05, 4.69) is 17.1 Å². The van der Waals surface area contributed by atoms with Crippen LogP contribution in [0.4, 0.5) is 0 Å². The van der Waals surface area contributed by atoms with Crippen LogP contribution in [0.15, 0.2) is 0 Å². The smallest absolute Gasteiger partial charge is 0.0446 e. The minimum absolute atomic E-state index is 0.323. The zero-order chi connectivity index (χ0) is 12.8. The molecule has 0 spiro atoms. The van der Waals surface area contributed by atoms with E-state index < -0.39 is 0 Å². The molecule has 106 valence electrons. The molecule has 1 heterocycles. The van der Waals surface area contributed by atoms with Crippen LogP contribution in [-0.2, 0) is 0 Å². The Bertz CT molecular complexity index is 225. The summed E-state index contributed by atoms with van der Waals surface area (Å²) in [7, 11) is 0. The Labute approximate surface area is 112 Å². The Hall–Kier alpha value is -0.120. The number of rotatable bonds is 3. The molecule has 0 bridgehead atoms.